The van der Waals surface area contributed by atoms with E-state index in [4.69, 9.17) is 14.5 Å². The van der Waals surface area contributed by atoms with Crippen LogP contribution in [0.4, 0.5) is 5.69 Å². The molecule has 0 radical (unpaired) electrons. The number of rotatable bonds is 8. The molecule has 1 atom stereocenters. The van der Waals surface area contributed by atoms with Crippen LogP contribution in [0.2, 0.25) is 0 Å². The van der Waals surface area contributed by atoms with E-state index in [2.05, 4.69) is 45.3 Å². The molecule has 1 aliphatic heterocycles. The molecule has 0 bridgehead atoms. The van der Waals surface area contributed by atoms with Gasteiger partial charge in [0.15, 0.2) is 5.69 Å². The van der Waals surface area contributed by atoms with E-state index in [9.17, 15) is 0 Å². The van der Waals surface area contributed by atoms with Crippen LogP contribution >= 0.6 is 27.7 Å². The zero-order valence-corrected chi connectivity index (χ0v) is 20.0. The van der Waals surface area contributed by atoms with Crippen molar-refractivity contribution in [2.75, 3.05) is 17.7 Å². The van der Waals surface area contributed by atoms with Crippen molar-refractivity contribution in [2.24, 2.45) is 0 Å². The predicted molar refractivity (Wildman–Crippen MR) is 128 cm³/mol. The van der Waals surface area contributed by atoms with E-state index in [0.29, 0.717) is 23.3 Å². The summed E-state index contributed by atoms with van der Waals surface area (Å²) < 4.78 is 13.3. The fourth-order valence-corrected chi connectivity index (χ4v) is 4.44. The number of fused-ring (bicyclic) bond motifs is 3. The highest BCUT2D eigenvalue weighted by molar-refractivity contribution is 9.10. The highest BCUT2D eigenvalue weighted by Crippen LogP contribution is 2.42. The molecular formula is C23H25BrN4O2S. The van der Waals surface area contributed by atoms with Gasteiger partial charge >= 0.3 is 0 Å². The summed E-state index contributed by atoms with van der Waals surface area (Å²) in [6.45, 7) is 4.91. The maximum Gasteiger partial charge on any atom is 0.247 e. The summed E-state index contributed by atoms with van der Waals surface area (Å²) in [5.74, 6) is 2.21. The molecule has 8 heteroatoms. The minimum atomic E-state index is -0.473. The molecule has 1 aromatic heterocycles. The summed E-state index contributed by atoms with van der Waals surface area (Å²) in [5, 5.41) is 13.0. The molecule has 0 fully saturated rings. The molecular weight excluding hydrogens is 476 g/mol. The number of para-hydroxylation sites is 1. The molecule has 1 N–H and O–H groups in total. The second-order valence-corrected chi connectivity index (χ2v) is 9.15. The number of benzene rings is 2. The number of nitrogens with zero attached hydrogens (tertiary/aromatic N) is 3. The van der Waals surface area contributed by atoms with Crippen LogP contribution in [0.5, 0.6) is 11.6 Å². The lowest BCUT2D eigenvalue weighted by Crippen LogP contribution is -2.18. The van der Waals surface area contributed by atoms with Crippen molar-refractivity contribution in [1.29, 1.82) is 0 Å². The Morgan fingerprint density at radius 2 is 2.00 bits per heavy atom. The molecule has 4 rings (SSSR count). The van der Waals surface area contributed by atoms with E-state index in [1.165, 1.54) is 0 Å². The average molecular weight is 501 g/mol. The standard InChI is InChI=1S/C23H25BrN4O2S/c1-3-5-13-31-23-26-22-20(27-28-23)17-14-15(24)10-11-18(17)25-21(30-22)16-8-6-7-9-19(16)29-12-4-2/h6-11,14,21,25H,3-5,12-13H2,1-2H3. The van der Waals surface area contributed by atoms with Gasteiger partial charge in [0.1, 0.15) is 5.75 Å². The summed E-state index contributed by atoms with van der Waals surface area (Å²) >= 11 is 5.16. The Labute approximate surface area is 195 Å². The van der Waals surface area contributed by atoms with Gasteiger partial charge in [-0.05, 0) is 43.2 Å². The van der Waals surface area contributed by atoms with E-state index in [1.54, 1.807) is 11.8 Å². The summed E-state index contributed by atoms with van der Waals surface area (Å²) in [7, 11) is 0. The van der Waals surface area contributed by atoms with Gasteiger partial charge in [-0.2, -0.15) is 4.98 Å². The van der Waals surface area contributed by atoms with Gasteiger partial charge in [-0.25, -0.2) is 0 Å². The SMILES string of the molecule is CCCCSc1nnc2c(n1)OC(c1ccccc1OCCC)Nc1ccc(Br)cc1-2. The Morgan fingerprint density at radius 3 is 2.84 bits per heavy atom. The lowest BCUT2D eigenvalue weighted by molar-refractivity contribution is 0.215. The van der Waals surface area contributed by atoms with Crippen LogP contribution in [-0.4, -0.2) is 27.5 Å². The number of halogens is 1. The lowest BCUT2D eigenvalue weighted by Gasteiger charge is -2.22. The van der Waals surface area contributed by atoms with Crippen LogP contribution in [0.1, 0.15) is 44.9 Å². The Bertz CT molecular complexity index is 1050. The van der Waals surface area contributed by atoms with Crippen LogP contribution in [0.25, 0.3) is 11.3 Å². The molecule has 6 nitrogen and oxygen atoms in total. The number of hydrogen-bond donors (Lipinski definition) is 1. The maximum atomic E-state index is 6.40. The van der Waals surface area contributed by atoms with Crippen molar-refractivity contribution < 1.29 is 9.47 Å². The van der Waals surface area contributed by atoms with Gasteiger partial charge in [0, 0.05) is 21.5 Å². The van der Waals surface area contributed by atoms with Crippen LogP contribution in [0.3, 0.4) is 0 Å². The lowest BCUT2D eigenvalue weighted by atomic mass is 10.1. The zero-order valence-electron chi connectivity index (χ0n) is 17.6. The second kappa shape index (κ2) is 10.3. The van der Waals surface area contributed by atoms with Crippen molar-refractivity contribution in [3.05, 3.63) is 52.5 Å². The molecule has 31 heavy (non-hydrogen) atoms. The zero-order chi connectivity index (χ0) is 21.6. The van der Waals surface area contributed by atoms with E-state index in [-0.39, 0.29) is 0 Å². The van der Waals surface area contributed by atoms with Crippen LogP contribution in [0, 0.1) is 0 Å². The number of aromatic nitrogens is 3. The monoisotopic (exact) mass is 500 g/mol. The molecule has 1 unspecified atom stereocenters. The predicted octanol–water partition coefficient (Wildman–Crippen LogP) is 6.49. The molecule has 2 aromatic carbocycles. The van der Waals surface area contributed by atoms with E-state index in [0.717, 1.165) is 52.1 Å². The van der Waals surface area contributed by atoms with Gasteiger partial charge in [-0.15, -0.1) is 10.2 Å². The Balaban J connectivity index is 1.75. The normalized spacial score (nSPS) is 14.6. The van der Waals surface area contributed by atoms with Gasteiger partial charge < -0.3 is 14.8 Å². The average Bonchev–Trinajstić information content (AvgIpc) is 2.94. The fourth-order valence-electron chi connectivity index (χ4n) is 3.22. The number of thioether (sulfide) groups is 1. The van der Waals surface area contributed by atoms with Crippen molar-refractivity contribution in [3.8, 4) is 22.9 Å². The topological polar surface area (TPSA) is 69.2 Å². The highest BCUT2D eigenvalue weighted by Gasteiger charge is 2.28. The molecule has 2 heterocycles. The number of unbranched alkanes of at least 4 members (excludes halogenated alkanes) is 1. The first kappa shape index (κ1) is 21.9. The largest absolute Gasteiger partial charge is 0.493 e. The molecule has 1 aliphatic rings. The van der Waals surface area contributed by atoms with Gasteiger partial charge in [0.25, 0.3) is 0 Å². The van der Waals surface area contributed by atoms with Gasteiger partial charge in [0.2, 0.25) is 17.3 Å². The van der Waals surface area contributed by atoms with Gasteiger partial charge in [0.05, 0.1) is 12.2 Å². The van der Waals surface area contributed by atoms with Crippen LogP contribution < -0.4 is 14.8 Å². The second-order valence-electron chi connectivity index (χ2n) is 7.17. The molecule has 0 spiro atoms. The third-order valence-electron chi connectivity index (χ3n) is 4.78. The summed E-state index contributed by atoms with van der Waals surface area (Å²) in [6.07, 6.45) is 2.69. The first-order valence-corrected chi connectivity index (χ1v) is 12.3. The fraction of sp³-hybridized carbons (Fsp3) is 0.348. The van der Waals surface area contributed by atoms with E-state index < -0.39 is 6.23 Å². The van der Waals surface area contributed by atoms with Crippen LogP contribution in [-0.2, 0) is 0 Å². The smallest absolute Gasteiger partial charge is 0.247 e. The molecule has 0 saturated heterocycles. The first-order chi connectivity index (χ1) is 15.2. The molecule has 0 saturated carbocycles. The van der Waals surface area contributed by atoms with Gasteiger partial charge in [-0.3, -0.25) is 0 Å². The van der Waals surface area contributed by atoms with E-state index >= 15 is 0 Å². The first-order valence-electron chi connectivity index (χ1n) is 10.5. The summed E-state index contributed by atoms with van der Waals surface area (Å²) in [6, 6.07) is 13.9. The highest BCUT2D eigenvalue weighted by atomic mass is 79.9. The molecule has 0 amide bonds. The minimum Gasteiger partial charge on any atom is -0.493 e. The van der Waals surface area contributed by atoms with Gasteiger partial charge in [-0.1, -0.05) is 60.1 Å². The minimum absolute atomic E-state index is 0.466. The number of hydrogen-bond acceptors (Lipinski definition) is 7. The third kappa shape index (κ3) is 5.13. The van der Waals surface area contributed by atoms with Crippen molar-refractivity contribution in [2.45, 2.75) is 44.5 Å². The Kier molecular flexibility index (Phi) is 7.29. The van der Waals surface area contributed by atoms with Crippen molar-refractivity contribution in [1.82, 2.24) is 15.2 Å². The number of ether oxygens (including phenoxy) is 2. The molecule has 3 aromatic rings. The van der Waals surface area contributed by atoms with Crippen molar-refractivity contribution in [3.63, 3.8) is 0 Å². The quantitative estimate of drug-likeness (QED) is 0.280. The maximum absolute atomic E-state index is 6.40. The molecule has 162 valence electrons. The molecule has 0 aliphatic carbocycles. The summed E-state index contributed by atoms with van der Waals surface area (Å²) in [4.78, 5) is 4.71. The Morgan fingerprint density at radius 1 is 1.13 bits per heavy atom. The third-order valence-corrected chi connectivity index (χ3v) is 6.20. The van der Waals surface area contributed by atoms with E-state index in [1.807, 2.05) is 42.5 Å². The Hall–Kier alpha value is -2.32. The number of anilines is 1. The van der Waals surface area contributed by atoms with Crippen LogP contribution in [0.15, 0.2) is 52.1 Å². The number of nitrogens with one attached hydrogen (secondary N) is 1. The van der Waals surface area contributed by atoms with Crippen molar-refractivity contribution >= 4 is 33.4 Å². The summed E-state index contributed by atoms with van der Waals surface area (Å²) in [5.41, 5.74) is 3.33.